The number of imidazole rings is 1. The highest BCUT2D eigenvalue weighted by Gasteiger charge is 2.11. The normalized spacial score (nSPS) is 10.7. The Hall–Kier alpha value is -2.60. The molecule has 104 valence electrons. The Morgan fingerprint density at radius 2 is 1.90 bits per heavy atom. The van der Waals surface area contributed by atoms with E-state index in [9.17, 15) is 0 Å². The summed E-state index contributed by atoms with van der Waals surface area (Å²) >= 11 is 0. The molecule has 3 heteroatoms. The largest absolute Gasteiger partial charge is 0.303 e. The van der Waals surface area contributed by atoms with E-state index >= 15 is 0 Å². The molecule has 0 N–H and O–H groups in total. The molecule has 0 saturated heterocycles. The van der Waals surface area contributed by atoms with Crippen molar-refractivity contribution in [3.63, 3.8) is 0 Å². The van der Waals surface area contributed by atoms with Crippen molar-refractivity contribution in [1.82, 2.24) is 9.38 Å². The maximum atomic E-state index is 8.95. The van der Waals surface area contributed by atoms with Gasteiger partial charge in [0.25, 0.3) is 0 Å². The second kappa shape index (κ2) is 5.80. The molecule has 0 unspecified atom stereocenters. The average Bonchev–Trinajstić information content (AvgIpc) is 2.83. The molecule has 2 heterocycles. The molecule has 3 nitrogen and oxygen atoms in total. The molecule has 0 spiro atoms. The SMILES string of the molecule is Cc1nc2c(CCc3ccccc3)cccn2c1CC#N. The predicted molar refractivity (Wildman–Crippen MR) is 83.1 cm³/mol. The minimum atomic E-state index is 0.398. The van der Waals surface area contributed by atoms with E-state index in [1.807, 2.05) is 25.3 Å². The first-order valence-corrected chi connectivity index (χ1v) is 7.16. The van der Waals surface area contributed by atoms with Gasteiger partial charge in [-0.25, -0.2) is 4.98 Å². The van der Waals surface area contributed by atoms with E-state index in [0.717, 1.165) is 29.9 Å². The zero-order valence-corrected chi connectivity index (χ0v) is 12.1. The van der Waals surface area contributed by atoms with E-state index in [4.69, 9.17) is 5.26 Å². The van der Waals surface area contributed by atoms with Gasteiger partial charge in [0.15, 0.2) is 0 Å². The number of rotatable bonds is 4. The minimum absolute atomic E-state index is 0.398. The first-order valence-electron chi connectivity index (χ1n) is 7.16. The van der Waals surface area contributed by atoms with Gasteiger partial charge in [-0.2, -0.15) is 5.26 Å². The number of aryl methyl sites for hydroxylation is 3. The summed E-state index contributed by atoms with van der Waals surface area (Å²) in [6, 6.07) is 16.9. The van der Waals surface area contributed by atoms with E-state index in [1.54, 1.807) is 0 Å². The lowest BCUT2D eigenvalue weighted by Gasteiger charge is -2.05. The van der Waals surface area contributed by atoms with Crippen molar-refractivity contribution in [3.05, 3.63) is 71.2 Å². The number of nitriles is 1. The Bertz CT molecular complexity index is 794. The van der Waals surface area contributed by atoms with Crippen LogP contribution in [0.4, 0.5) is 0 Å². The molecular weight excluding hydrogens is 258 g/mol. The number of pyridine rings is 1. The quantitative estimate of drug-likeness (QED) is 0.731. The van der Waals surface area contributed by atoms with Gasteiger partial charge in [0.1, 0.15) is 5.65 Å². The van der Waals surface area contributed by atoms with E-state index in [2.05, 4.69) is 45.8 Å². The molecule has 3 rings (SSSR count). The lowest BCUT2D eigenvalue weighted by atomic mass is 10.1. The Morgan fingerprint density at radius 3 is 2.67 bits per heavy atom. The molecule has 3 aromatic rings. The number of benzene rings is 1. The Morgan fingerprint density at radius 1 is 1.10 bits per heavy atom. The maximum absolute atomic E-state index is 8.95. The predicted octanol–water partition coefficient (Wildman–Crippen LogP) is 3.49. The summed E-state index contributed by atoms with van der Waals surface area (Å²) in [6.07, 6.45) is 4.35. The second-order valence-corrected chi connectivity index (χ2v) is 5.19. The van der Waals surface area contributed by atoms with Gasteiger partial charge in [0, 0.05) is 6.20 Å². The third-order valence-corrected chi connectivity index (χ3v) is 3.80. The molecular formula is C18H17N3. The van der Waals surface area contributed by atoms with Crippen LogP contribution in [0.25, 0.3) is 5.65 Å². The van der Waals surface area contributed by atoms with Gasteiger partial charge in [-0.05, 0) is 37.0 Å². The van der Waals surface area contributed by atoms with Crippen molar-refractivity contribution in [2.24, 2.45) is 0 Å². The van der Waals surface area contributed by atoms with Gasteiger partial charge in [-0.3, -0.25) is 0 Å². The van der Waals surface area contributed by atoms with Crippen molar-refractivity contribution < 1.29 is 0 Å². The van der Waals surface area contributed by atoms with Gasteiger partial charge < -0.3 is 4.40 Å². The van der Waals surface area contributed by atoms with Crippen LogP contribution in [0.1, 0.15) is 22.5 Å². The topological polar surface area (TPSA) is 41.1 Å². The fraction of sp³-hybridized carbons (Fsp3) is 0.222. The third-order valence-electron chi connectivity index (χ3n) is 3.80. The van der Waals surface area contributed by atoms with Crippen molar-refractivity contribution in [1.29, 1.82) is 5.26 Å². The van der Waals surface area contributed by atoms with Gasteiger partial charge in [0.2, 0.25) is 0 Å². The highest BCUT2D eigenvalue weighted by molar-refractivity contribution is 5.51. The molecule has 0 amide bonds. The zero-order valence-electron chi connectivity index (χ0n) is 12.1. The molecule has 0 saturated carbocycles. The molecule has 0 atom stereocenters. The van der Waals surface area contributed by atoms with E-state index in [-0.39, 0.29) is 0 Å². The number of hydrogen-bond donors (Lipinski definition) is 0. The molecule has 0 radical (unpaired) electrons. The molecule has 2 aromatic heterocycles. The van der Waals surface area contributed by atoms with E-state index in [0.29, 0.717) is 6.42 Å². The van der Waals surface area contributed by atoms with Crippen molar-refractivity contribution in [2.45, 2.75) is 26.2 Å². The fourth-order valence-corrected chi connectivity index (χ4v) is 2.69. The van der Waals surface area contributed by atoms with Crippen molar-refractivity contribution >= 4 is 5.65 Å². The van der Waals surface area contributed by atoms with Crippen LogP contribution in [-0.2, 0) is 19.3 Å². The maximum Gasteiger partial charge on any atom is 0.140 e. The smallest absolute Gasteiger partial charge is 0.140 e. The van der Waals surface area contributed by atoms with Crippen LogP contribution < -0.4 is 0 Å². The Kier molecular flexibility index (Phi) is 3.70. The lowest BCUT2D eigenvalue weighted by Crippen LogP contribution is -1.97. The molecule has 0 fully saturated rings. The monoisotopic (exact) mass is 275 g/mol. The van der Waals surface area contributed by atoms with Crippen LogP contribution >= 0.6 is 0 Å². The van der Waals surface area contributed by atoms with E-state index in [1.165, 1.54) is 11.1 Å². The summed E-state index contributed by atoms with van der Waals surface area (Å²) in [5, 5.41) is 8.95. The summed E-state index contributed by atoms with van der Waals surface area (Å²) in [5.74, 6) is 0. The minimum Gasteiger partial charge on any atom is -0.303 e. The summed E-state index contributed by atoms with van der Waals surface area (Å²) < 4.78 is 2.05. The number of hydrogen-bond acceptors (Lipinski definition) is 2. The number of nitrogens with zero attached hydrogens (tertiary/aromatic N) is 3. The average molecular weight is 275 g/mol. The van der Waals surface area contributed by atoms with Crippen LogP contribution in [-0.4, -0.2) is 9.38 Å². The third kappa shape index (κ3) is 2.66. The fourth-order valence-electron chi connectivity index (χ4n) is 2.69. The molecule has 0 aliphatic heterocycles. The van der Waals surface area contributed by atoms with Crippen LogP contribution in [0.5, 0.6) is 0 Å². The van der Waals surface area contributed by atoms with Crippen LogP contribution in [0.15, 0.2) is 48.7 Å². The molecule has 1 aromatic carbocycles. The van der Waals surface area contributed by atoms with Crippen molar-refractivity contribution in [2.75, 3.05) is 0 Å². The molecule has 0 aliphatic rings. The first kappa shape index (κ1) is 13.4. The summed E-state index contributed by atoms with van der Waals surface area (Å²) in [6.45, 7) is 1.97. The lowest BCUT2D eigenvalue weighted by molar-refractivity contribution is 0.945. The molecule has 0 bridgehead atoms. The Labute approximate surface area is 124 Å². The summed E-state index contributed by atoms with van der Waals surface area (Å²) in [4.78, 5) is 4.66. The Balaban J connectivity index is 1.93. The van der Waals surface area contributed by atoms with Gasteiger partial charge in [-0.15, -0.1) is 0 Å². The van der Waals surface area contributed by atoms with Crippen LogP contribution in [0.2, 0.25) is 0 Å². The van der Waals surface area contributed by atoms with Gasteiger partial charge >= 0.3 is 0 Å². The standard InChI is InChI=1S/C18H17N3/c1-14-17(11-12-19)21-13-5-8-16(18(21)20-14)10-9-15-6-3-2-4-7-15/h2-8,13H,9-11H2,1H3. The van der Waals surface area contributed by atoms with Gasteiger partial charge in [0.05, 0.1) is 23.9 Å². The zero-order chi connectivity index (χ0) is 14.7. The van der Waals surface area contributed by atoms with Crippen LogP contribution in [0, 0.1) is 18.3 Å². The van der Waals surface area contributed by atoms with Crippen molar-refractivity contribution in [3.8, 4) is 6.07 Å². The van der Waals surface area contributed by atoms with Crippen LogP contribution in [0.3, 0.4) is 0 Å². The molecule has 0 aliphatic carbocycles. The highest BCUT2D eigenvalue weighted by atomic mass is 15.0. The van der Waals surface area contributed by atoms with Gasteiger partial charge in [-0.1, -0.05) is 36.4 Å². The summed E-state index contributed by atoms with van der Waals surface area (Å²) in [7, 11) is 0. The molecule has 21 heavy (non-hydrogen) atoms. The number of aromatic nitrogens is 2. The summed E-state index contributed by atoms with van der Waals surface area (Å²) in [5.41, 5.74) is 5.49. The second-order valence-electron chi connectivity index (χ2n) is 5.19. The number of fused-ring (bicyclic) bond motifs is 1. The first-order chi connectivity index (χ1) is 10.3. The highest BCUT2D eigenvalue weighted by Crippen LogP contribution is 2.18. The van der Waals surface area contributed by atoms with E-state index < -0.39 is 0 Å².